The number of piperidine rings is 1. The largest absolute Gasteiger partial charge is 0.469 e. The molecule has 0 aromatic carbocycles. The van der Waals surface area contributed by atoms with E-state index in [1.165, 1.54) is 12.0 Å². The third-order valence-electron chi connectivity index (χ3n) is 4.38. The van der Waals surface area contributed by atoms with E-state index < -0.39 is 0 Å². The van der Waals surface area contributed by atoms with Crippen molar-refractivity contribution >= 4 is 18.0 Å². The lowest BCUT2D eigenvalue weighted by Gasteiger charge is -2.32. The predicted octanol–water partition coefficient (Wildman–Crippen LogP) is 0.676. The highest BCUT2D eigenvalue weighted by Crippen LogP contribution is 2.11. The molecule has 0 radical (unpaired) electrons. The predicted molar refractivity (Wildman–Crippen MR) is 102 cm³/mol. The number of rotatable bonds is 6. The van der Waals surface area contributed by atoms with Crippen molar-refractivity contribution in [3.8, 4) is 0 Å². The molecule has 0 atom stereocenters. The summed E-state index contributed by atoms with van der Waals surface area (Å²) in [6, 6.07) is 3.95. The molecule has 9 heteroatoms. The first-order chi connectivity index (χ1) is 13.0. The maximum atomic E-state index is 11.8. The Kier molecular flexibility index (Phi) is 7.97. The molecule has 1 aromatic rings. The summed E-state index contributed by atoms with van der Waals surface area (Å²) in [7, 11) is 4.80. The van der Waals surface area contributed by atoms with Crippen LogP contribution >= 0.6 is 0 Å². The number of ether oxygens (including phenoxy) is 1. The van der Waals surface area contributed by atoms with Crippen LogP contribution < -0.4 is 10.6 Å². The van der Waals surface area contributed by atoms with Crippen LogP contribution in [0.15, 0.2) is 27.8 Å². The van der Waals surface area contributed by atoms with E-state index >= 15 is 0 Å². The molecule has 1 aliphatic rings. The number of aliphatic imine (C=N–C) groups is 1. The van der Waals surface area contributed by atoms with Gasteiger partial charge in [0.1, 0.15) is 12.3 Å². The summed E-state index contributed by atoms with van der Waals surface area (Å²) in [5.74, 6) is 1.41. The van der Waals surface area contributed by atoms with Gasteiger partial charge in [-0.05, 0) is 25.0 Å². The van der Waals surface area contributed by atoms with Crippen molar-refractivity contribution in [2.45, 2.75) is 25.3 Å². The Morgan fingerprint density at radius 1 is 1.37 bits per heavy atom. The van der Waals surface area contributed by atoms with Crippen LogP contribution in [0.2, 0.25) is 0 Å². The highest BCUT2D eigenvalue weighted by Gasteiger charge is 2.23. The van der Waals surface area contributed by atoms with Gasteiger partial charge in [0.15, 0.2) is 5.96 Å². The second-order valence-electron chi connectivity index (χ2n) is 6.58. The molecule has 0 spiro atoms. The highest BCUT2D eigenvalue weighted by molar-refractivity contribution is 5.85. The van der Waals surface area contributed by atoms with Gasteiger partial charge in [-0.25, -0.2) is 9.79 Å². The first kappa shape index (κ1) is 20.6. The fraction of sp³-hybridized carbons (Fsp3) is 0.611. The smallest absolute Gasteiger partial charge is 0.409 e. The van der Waals surface area contributed by atoms with Gasteiger partial charge in [0, 0.05) is 46.2 Å². The molecule has 2 N–H and O–H groups in total. The average Bonchev–Trinajstić information content (AvgIpc) is 3.19. The number of nitrogens with one attached hydrogen (secondary N) is 2. The van der Waals surface area contributed by atoms with E-state index in [1.807, 2.05) is 12.1 Å². The van der Waals surface area contributed by atoms with Gasteiger partial charge in [0.25, 0.3) is 0 Å². The zero-order valence-corrected chi connectivity index (χ0v) is 16.2. The van der Waals surface area contributed by atoms with Crippen molar-refractivity contribution in [2.24, 2.45) is 4.99 Å². The first-order valence-electron chi connectivity index (χ1n) is 9.10. The fourth-order valence-corrected chi connectivity index (χ4v) is 2.73. The molecular formula is C18H29N5O4. The van der Waals surface area contributed by atoms with Crippen LogP contribution in [0.5, 0.6) is 0 Å². The third kappa shape index (κ3) is 6.84. The van der Waals surface area contributed by atoms with Crippen molar-refractivity contribution < 1.29 is 18.7 Å². The number of amides is 2. The SMILES string of the molecule is COC(=O)N1CCC(NC(=NCC(=O)N(C)C)NCCc2ccco2)CC1. The maximum Gasteiger partial charge on any atom is 0.409 e. The van der Waals surface area contributed by atoms with Gasteiger partial charge in [-0.15, -0.1) is 0 Å². The van der Waals surface area contributed by atoms with Gasteiger partial charge in [0.05, 0.1) is 13.4 Å². The summed E-state index contributed by atoms with van der Waals surface area (Å²) in [4.78, 5) is 31.0. The lowest BCUT2D eigenvalue weighted by molar-refractivity contribution is -0.127. The average molecular weight is 379 g/mol. The Bertz CT molecular complexity index is 622. The van der Waals surface area contributed by atoms with Crippen molar-refractivity contribution in [3.05, 3.63) is 24.2 Å². The highest BCUT2D eigenvalue weighted by atomic mass is 16.5. The molecule has 0 saturated carbocycles. The second-order valence-corrected chi connectivity index (χ2v) is 6.58. The minimum Gasteiger partial charge on any atom is -0.469 e. The number of nitrogens with zero attached hydrogens (tertiary/aromatic N) is 3. The molecule has 0 bridgehead atoms. The van der Waals surface area contributed by atoms with Crippen LogP contribution in [0, 0.1) is 0 Å². The molecule has 1 aromatic heterocycles. The number of guanidine groups is 1. The molecule has 2 rings (SSSR count). The summed E-state index contributed by atoms with van der Waals surface area (Å²) in [5, 5.41) is 6.61. The molecule has 1 saturated heterocycles. The van der Waals surface area contributed by atoms with E-state index in [-0.39, 0.29) is 24.6 Å². The number of methoxy groups -OCH3 is 1. The van der Waals surface area contributed by atoms with Crippen molar-refractivity contribution in [1.29, 1.82) is 0 Å². The Morgan fingerprint density at radius 2 is 2.11 bits per heavy atom. The van der Waals surface area contributed by atoms with E-state index in [9.17, 15) is 9.59 Å². The summed E-state index contributed by atoms with van der Waals surface area (Å²) in [5.41, 5.74) is 0. The standard InChI is InChI=1S/C18H29N5O4/c1-22(2)16(24)13-20-17(19-9-6-15-5-4-12-27-15)21-14-7-10-23(11-8-14)18(25)26-3/h4-5,12,14H,6-11,13H2,1-3H3,(H2,19,20,21). The zero-order valence-electron chi connectivity index (χ0n) is 16.2. The number of likely N-dealkylation sites (N-methyl/N-ethyl adjacent to an activating group) is 1. The van der Waals surface area contributed by atoms with Gasteiger partial charge in [-0.2, -0.15) is 0 Å². The zero-order chi connectivity index (χ0) is 19.6. The molecule has 2 heterocycles. The number of hydrogen-bond acceptors (Lipinski definition) is 5. The van der Waals surface area contributed by atoms with Crippen LogP contribution in [0.4, 0.5) is 4.79 Å². The Hall–Kier alpha value is -2.71. The third-order valence-corrected chi connectivity index (χ3v) is 4.38. The molecule has 9 nitrogen and oxygen atoms in total. The normalized spacial score (nSPS) is 15.4. The minimum absolute atomic E-state index is 0.0670. The summed E-state index contributed by atoms with van der Waals surface area (Å²) < 4.78 is 10.1. The van der Waals surface area contributed by atoms with Gasteiger partial charge >= 0.3 is 6.09 Å². The molecule has 1 fully saturated rings. The molecule has 150 valence electrons. The minimum atomic E-state index is -0.296. The van der Waals surface area contributed by atoms with E-state index in [0.29, 0.717) is 25.6 Å². The Morgan fingerprint density at radius 3 is 2.70 bits per heavy atom. The summed E-state index contributed by atoms with van der Waals surface area (Å²) >= 11 is 0. The van der Waals surface area contributed by atoms with Crippen LogP contribution in [0.1, 0.15) is 18.6 Å². The molecular weight excluding hydrogens is 350 g/mol. The molecule has 2 amide bonds. The number of furan rings is 1. The molecule has 27 heavy (non-hydrogen) atoms. The topological polar surface area (TPSA) is 99.4 Å². The monoisotopic (exact) mass is 379 g/mol. The lowest BCUT2D eigenvalue weighted by Crippen LogP contribution is -2.50. The Balaban J connectivity index is 1.87. The van der Waals surface area contributed by atoms with Crippen molar-refractivity contribution in [2.75, 3.05) is 47.4 Å². The Labute approximate surface area is 159 Å². The van der Waals surface area contributed by atoms with E-state index in [4.69, 9.17) is 9.15 Å². The van der Waals surface area contributed by atoms with E-state index in [2.05, 4.69) is 15.6 Å². The van der Waals surface area contributed by atoms with Crippen LogP contribution in [-0.4, -0.2) is 81.2 Å². The quantitative estimate of drug-likeness (QED) is 0.557. The van der Waals surface area contributed by atoms with Crippen molar-refractivity contribution in [3.63, 3.8) is 0 Å². The van der Waals surface area contributed by atoms with Crippen LogP contribution in [0.25, 0.3) is 0 Å². The van der Waals surface area contributed by atoms with E-state index in [0.717, 1.165) is 25.0 Å². The van der Waals surface area contributed by atoms with E-state index in [1.54, 1.807) is 25.3 Å². The molecule has 0 unspecified atom stereocenters. The molecule has 0 aliphatic carbocycles. The summed E-state index contributed by atoms with van der Waals surface area (Å²) in [6.45, 7) is 1.96. The van der Waals surface area contributed by atoms with Gasteiger partial charge in [0.2, 0.25) is 5.91 Å². The lowest BCUT2D eigenvalue weighted by atomic mass is 10.1. The number of likely N-dealkylation sites (tertiary alicyclic amines) is 1. The second kappa shape index (κ2) is 10.4. The number of carbonyl (C=O) groups is 2. The van der Waals surface area contributed by atoms with Gasteiger partial charge in [-0.1, -0.05) is 0 Å². The number of carbonyl (C=O) groups excluding carboxylic acids is 2. The summed E-state index contributed by atoms with van der Waals surface area (Å²) in [6.07, 6.45) is 3.64. The number of hydrogen-bond donors (Lipinski definition) is 2. The molecule has 1 aliphatic heterocycles. The van der Waals surface area contributed by atoms with Gasteiger partial charge in [-0.3, -0.25) is 4.79 Å². The first-order valence-corrected chi connectivity index (χ1v) is 9.10. The van der Waals surface area contributed by atoms with Crippen LogP contribution in [-0.2, 0) is 16.0 Å². The maximum absolute atomic E-state index is 11.8. The van der Waals surface area contributed by atoms with Crippen LogP contribution in [0.3, 0.4) is 0 Å². The fourth-order valence-electron chi connectivity index (χ4n) is 2.73. The van der Waals surface area contributed by atoms with Crippen molar-refractivity contribution in [1.82, 2.24) is 20.4 Å². The van der Waals surface area contributed by atoms with Gasteiger partial charge < -0.3 is 29.6 Å².